The molecular weight excluding hydrogens is 229 g/mol. The van der Waals surface area contributed by atoms with Crippen molar-refractivity contribution in [2.75, 3.05) is 13.1 Å². The average molecular weight is 244 g/mol. The first-order chi connectivity index (χ1) is 8.18. The summed E-state index contributed by atoms with van der Waals surface area (Å²) in [6, 6.07) is 2.84. The van der Waals surface area contributed by atoms with Crippen LogP contribution in [-0.2, 0) is 6.54 Å². The molecule has 1 aromatic rings. The molecule has 17 heavy (non-hydrogen) atoms. The van der Waals surface area contributed by atoms with Gasteiger partial charge in [-0.2, -0.15) is 0 Å². The topological polar surface area (TPSA) is 24.1 Å². The molecule has 0 radical (unpaired) electrons. The van der Waals surface area contributed by atoms with E-state index in [0.29, 0.717) is 12.6 Å². The van der Waals surface area contributed by atoms with Crippen LogP contribution in [0.1, 0.15) is 18.4 Å². The second-order valence-electron chi connectivity index (χ2n) is 4.24. The summed E-state index contributed by atoms with van der Waals surface area (Å²) in [6.45, 7) is 1.68. The lowest BCUT2D eigenvalue weighted by Gasteiger charge is -2.07. The standard InChI is InChI=1S/C12H15F3N2/c13-10-4-1-8(11(14)12(10)15)7-16-5-6-17-9-2-3-9/h1,4,9,16-17H,2-3,5-7H2. The smallest absolute Gasteiger partial charge is 0.194 e. The van der Waals surface area contributed by atoms with Gasteiger partial charge in [-0.15, -0.1) is 0 Å². The monoisotopic (exact) mass is 244 g/mol. The van der Waals surface area contributed by atoms with E-state index in [2.05, 4.69) is 10.6 Å². The quantitative estimate of drug-likeness (QED) is 0.590. The third-order valence-corrected chi connectivity index (χ3v) is 2.74. The van der Waals surface area contributed by atoms with Crippen molar-refractivity contribution >= 4 is 0 Å². The lowest BCUT2D eigenvalue weighted by atomic mass is 10.2. The molecule has 0 bridgehead atoms. The lowest BCUT2D eigenvalue weighted by molar-refractivity contribution is 0.438. The summed E-state index contributed by atoms with van der Waals surface area (Å²) >= 11 is 0. The van der Waals surface area contributed by atoms with Gasteiger partial charge in [0, 0.05) is 31.2 Å². The molecule has 0 unspecified atom stereocenters. The molecule has 1 fully saturated rings. The van der Waals surface area contributed by atoms with Crippen molar-refractivity contribution < 1.29 is 13.2 Å². The zero-order valence-corrected chi connectivity index (χ0v) is 9.40. The molecule has 0 amide bonds. The van der Waals surface area contributed by atoms with Crippen LogP contribution in [0.2, 0.25) is 0 Å². The number of rotatable bonds is 6. The summed E-state index contributed by atoms with van der Waals surface area (Å²) in [6.07, 6.45) is 2.44. The number of benzene rings is 1. The Bertz CT molecular complexity index is 392. The molecule has 0 aliphatic heterocycles. The molecule has 0 spiro atoms. The molecule has 0 saturated heterocycles. The van der Waals surface area contributed by atoms with Crippen LogP contribution in [-0.4, -0.2) is 19.1 Å². The average Bonchev–Trinajstić information content (AvgIpc) is 3.12. The van der Waals surface area contributed by atoms with Crippen molar-refractivity contribution in [1.29, 1.82) is 0 Å². The third-order valence-electron chi connectivity index (χ3n) is 2.74. The number of halogens is 3. The highest BCUT2D eigenvalue weighted by Gasteiger charge is 2.19. The fourth-order valence-corrected chi connectivity index (χ4v) is 1.58. The molecule has 0 heterocycles. The zero-order valence-electron chi connectivity index (χ0n) is 9.40. The van der Waals surface area contributed by atoms with Gasteiger partial charge in [-0.05, 0) is 18.9 Å². The van der Waals surface area contributed by atoms with Crippen molar-refractivity contribution in [2.24, 2.45) is 0 Å². The van der Waals surface area contributed by atoms with Gasteiger partial charge >= 0.3 is 0 Å². The highest BCUT2D eigenvalue weighted by Crippen LogP contribution is 2.18. The van der Waals surface area contributed by atoms with Crippen LogP contribution >= 0.6 is 0 Å². The van der Waals surface area contributed by atoms with Crippen molar-refractivity contribution in [1.82, 2.24) is 10.6 Å². The maximum absolute atomic E-state index is 13.2. The van der Waals surface area contributed by atoms with E-state index < -0.39 is 17.5 Å². The van der Waals surface area contributed by atoms with Crippen molar-refractivity contribution in [3.8, 4) is 0 Å². The molecule has 2 rings (SSSR count). The second kappa shape index (κ2) is 5.51. The van der Waals surface area contributed by atoms with E-state index in [4.69, 9.17) is 0 Å². The van der Waals surface area contributed by atoms with Gasteiger partial charge in [-0.25, -0.2) is 13.2 Å². The fourth-order valence-electron chi connectivity index (χ4n) is 1.58. The van der Waals surface area contributed by atoms with Gasteiger partial charge in [0.25, 0.3) is 0 Å². The van der Waals surface area contributed by atoms with E-state index >= 15 is 0 Å². The Hall–Kier alpha value is -1.07. The van der Waals surface area contributed by atoms with E-state index in [0.717, 1.165) is 12.6 Å². The van der Waals surface area contributed by atoms with Crippen molar-refractivity contribution in [3.05, 3.63) is 35.1 Å². The van der Waals surface area contributed by atoms with Crippen LogP contribution < -0.4 is 10.6 Å². The van der Waals surface area contributed by atoms with Crippen molar-refractivity contribution in [2.45, 2.75) is 25.4 Å². The van der Waals surface area contributed by atoms with Gasteiger partial charge in [-0.3, -0.25) is 0 Å². The first kappa shape index (κ1) is 12.4. The summed E-state index contributed by atoms with van der Waals surface area (Å²) in [5.74, 6) is -3.66. The lowest BCUT2D eigenvalue weighted by Crippen LogP contribution is -2.28. The third kappa shape index (κ3) is 3.44. The van der Waals surface area contributed by atoms with Crippen LogP contribution in [0.25, 0.3) is 0 Å². The maximum atomic E-state index is 13.2. The fraction of sp³-hybridized carbons (Fsp3) is 0.500. The predicted octanol–water partition coefficient (Wildman–Crippen LogP) is 1.95. The minimum absolute atomic E-state index is 0.148. The number of hydrogen-bond donors (Lipinski definition) is 2. The molecule has 2 nitrogen and oxygen atoms in total. The van der Waals surface area contributed by atoms with E-state index in [-0.39, 0.29) is 12.1 Å². The highest BCUT2D eigenvalue weighted by molar-refractivity contribution is 5.20. The van der Waals surface area contributed by atoms with Crippen LogP contribution in [0.3, 0.4) is 0 Å². The van der Waals surface area contributed by atoms with Crippen LogP contribution in [0.15, 0.2) is 12.1 Å². The van der Waals surface area contributed by atoms with Gasteiger partial charge in [0.05, 0.1) is 0 Å². The molecule has 2 N–H and O–H groups in total. The second-order valence-corrected chi connectivity index (χ2v) is 4.24. The van der Waals surface area contributed by atoms with E-state index in [9.17, 15) is 13.2 Å². The first-order valence-corrected chi connectivity index (χ1v) is 5.75. The molecule has 94 valence electrons. The zero-order chi connectivity index (χ0) is 12.3. The summed E-state index contributed by atoms with van der Waals surface area (Å²) in [5, 5.41) is 6.27. The largest absolute Gasteiger partial charge is 0.313 e. The molecule has 0 aromatic heterocycles. The van der Waals surface area contributed by atoms with Gasteiger partial charge in [-0.1, -0.05) is 6.07 Å². The molecular formula is C12H15F3N2. The van der Waals surface area contributed by atoms with E-state index in [1.807, 2.05) is 0 Å². The Morgan fingerprint density at radius 1 is 1.06 bits per heavy atom. The Morgan fingerprint density at radius 3 is 2.53 bits per heavy atom. The maximum Gasteiger partial charge on any atom is 0.194 e. The SMILES string of the molecule is Fc1ccc(CNCCNC2CC2)c(F)c1F. The molecule has 1 saturated carbocycles. The molecule has 5 heteroatoms. The summed E-state index contributed by atoms with van der Waals surface area (Å²) in [4.78, 5) is 0. The minimum Gasteiger partial charge on any atom is -0.313 e. The summed E-state index contributed by atoms with van der Waals surface area (Å²) < 4.78 is 38.8. The minimum atomic E-state index is -1.40. The van der Waals surface area contributed by atoms with Gasteiger partial charge in [0.1, 0.15) is 0 Å². The molecule has 1 aliphatic carbocycles. The van der Waals surface area contributed by atoms with E-state index in [1.54, 1.807) is 0 Å². The van der Waals surface area contributed by atoms with Crippen LogP contribution in [0, 0.1) is 17.5 Å². The van der Waals surface area contributed by atoms with Gasteiger partial charge in [0.2, 0.25) is 0 Å². The Kier molecular flexibility index (Phi) is 4.02. The normalized spacial score (nSPS) is 15.2. The summed E-state index contributed by atoms with van der Waals surface area (Å²) in [5.41, 5.74) is 0.148. The highest BCUT2D eigenvalue weighted by atomic mass is 19.2. The number of nitrogens with one attached hydrogen (secondary N) is 2. The Morgan fingerprint density at radius 2 is 1.82 bits per heavy atom. The Balaban J connectivity index is 1.75. The van der Waals surface area contributed by atoms with Crippen LogP contribution in [0.4, 0.5) is 13.2 Å². The molecule has 1 aromatic carbocycles. The molecule has 1 aliphatic rings. The first-order valence-electron chi connectivity index (χ1n) is 5.75. The van der Waals surface area contributed by atoms with Crippen LogP contribution in [0.5, 0.6) is 0 Å². The Labute approximate surface area is 98.2 Å². The summed E-state index contributed by atoms with van der Waals surface area (Å²) in [7, 11) is 0. The predicted molar refractivity (Wildman–Crippen MR) is 59.0 cm³/mol. The van der Waals surface area contributed by atoms with Crippen molar-refractivity contribution in [3.63, 3.8) is 0 Å². The van der Waals surface area contributed by atoms with Gasteiger partial charge in [0.15, 0.2) is 17.5 Å². The van der Waals surface area contributed by atoms with Gasteiger partial charge < -0.3 is 10.6 Å². The molecule has 0 atom stereocenters. The van der Waals surface area contributed by atoms with E-state index in [1.165, 1.54) is 18.9 Å². The number of hydrogen-bond acceptors (Lipinski definition) is 2.